The fourth-order valence-corrected chi connectivity index (χ4v) is 2.55. The van der Waals surface area contributed by atoms with Crippen molar-refractivity contribution >= 4 is 11.6 Å². The van der Waals surface area contributed by atoms with Gasteiger partial charge >= 0.3 is 0 Å². The molecule has 3 rings (SSSR count). The topological polar surface area (TPSA) is 97.9 Å². The molecule has 9 heteroatoms. The van der Waals surface area contributed by atoms with E-state index in [1.807, 2.05) is 45.3 Å². The van der Waals surface area contributed by atoms with E-state index in [-0.39, 0.29) is 24.1 Å². The Morgan fingerprint density at radius 2 is 1.96 bits per heavy atom. The SMILES string of the molecule is C[C@@H](NC(=O)Cn1ncc(N(C)C)cc1=O)c1ccc(-n2cncn2)cc1. The molecule has 0 unspecified atom stereocenters. The molecule has 0 aliphatic rings. The summed E-state index contributed by atoms with van der Waals surface area (Å²) in [6.45, 7) is 1.75. The first-order valence-electron chi connectivity index (χ1n) is 8.43. The predicted octanol–water partition coefficient (Wildman–Crippen LogP) is 0.767. The molecule has 1 aromatic carbocycles. The van der Waals surface area contributed by atoms with Gasteiger partial charge in [-0.25, -0.2) is 14.3 Å². The van der Waals surface area contributed by atoms with Crippen LogP contribution >= 0.6 is 0 Å². The van der Waals surface area contributed by atoms with Crippen molar-refractivity contribution in [2.24, 2.45) is 0 Å². The molecule has 1 atom stereocenters. The van der Waals surface area contributed by atoms with Crippen LogP contribution in [0.2, 0.25) is 0 Å². The summed E-state index contributed by atoms with van der Waals surface area (Å²) < 4.78 is 2.80. The zero-order valence-corrected chi connectivity index (χ0v) is 15.4. The molecule has 0 radical (unpaired) electrons. The summed E-state index contributed by atoms with van der Waals surface area (Å²) in [7, 11) is 3.65. The number of hydrogen-bond acceptors (Lipinski definition) is 6. The summed E-state index contributed by atoms with van der Waals surface area (Å²) in [5.41, 5.74) is 2.20. The van der Waals surface area contributed by atoms with Gasteiger partial charge in [-0.05, 0) is 24.6 Å². The number of rotatable bonds is 6. The molecule has 9 nitrogen and oxygen atoms in total. The maximum atomic E-state index is 12.3. The highest BCUT2D eigenvalue weighted by Gasteiger charge is 2.12. The van der Waals surface area contributed by atoms with Crippen LogP contribution in [0.3, 0.4) is 0 Å². The lowest BCUT2D eigenvalue weighted by Gasteiger charge is -2.16. The third kappa shape index (κ3) is 4.38. The van der Waals surface area contributed by atoms with Gasteiger partial charge < -0.3 is 10.2 Å². The van der Waals surface area contributed by atoms with Crippen molar-refractivity contribution in [2.45, 2.75) is 19.5 Å². The number of anilines is 1. The Balaban J connectivity index is 1.63. The van der Waals surface area contributed by atoms with Crippen LogP contribution in [0.25, 0.3) is 5.69 Å². The summed E-state index contributed by atoms with van der Waals surface area (Å²) >= 11 is 0. The third-order valence-corrected chi connectivity index (χ3v) is 4.12. The highest BCUT2D eigenvalue weighted by molar-refractivity contribution is 5.76. The average molecular weight is 367 g/mol. The normalized spacial score (nSPS) is 11.8. The third-order valence-electron chi connectivity index (χ3n) is 4.12. The van der Waals surface area contributed by atoms with Gasteiger partial charge in [-0.1, -0.05) is 12.1 Å². The molecule has 0 saturated carbocycles. The molecule has 27 heavy (non-hydrogen) atoms. The van der Waals surface area contributed by atoms with E-state index in [4.69, 9.17) is 0 Å². The van der Waals surface area contributed by atoms with Gasteiger partial charge in [-0.15, -0.1) is 0 Å². The zero-order valence-electron chi connectivity index (χ0n) is 15.4. The predicted molar refractivity (Wildman–Crippen MR) is 101 cm³/mol. The molecule has 0 bridgehead atoms. The summed E-state index contributed by atoms with van der Waals surface area (Å²) in [5, 5.41) is 11.0. The van der Waals surface area contributed by atoms with E-state index in [9.17, 15) is 9.59 Å². The number of carbonyl (C=O) groups is 1. The maximum absolute atomic E-state index is 12.3. The summed E-state index contributed by atoms with van der Waals surface area (Å²) in [4.78, 5) is 30.0. The lowest BCUT2D eigenvalue weighted by atomic mass is 10.1. The second-order valence-electron chi connectivity index (χ2n) is 6.32. The lowest BCUT2D eigenvalue weighted by molar-refractivity contribution is -0.122. The second kappa shape index (κ2) is 7.81. The molecule has 0 aliphatic carbocycles. The van der Waals surface area contributed by atoms with Crippen molar-refractivity contribution in [1.82, 2.24) is 29.9 Å². The molecular formula is C18H21N7O2. The van der Waals surface area contributed by atoms with Crippen LogP contribution in [0.4, 0.5) is 5.69 Å². The molecule has 0 fully saturated rings. The molecule has 2 heterocycles. The van der Waals surface area contributed by atoms with Crippen LogP contribution < -0.4 is 15.8 Å². The highest BCUT2D eigenvalue weighted by atomic mass is 16.2. The van der Waals surface area contributed by atoms with Crippen molar-refractivity contribution in [3.63, 3.8) is 0 Å². The molecule has 0 saturated heterocycles. The number of nitrogens with zero attached hydrogens (tertiary/aromatic N) is 6. The van der Waals surface area contributed by atoms with Gasteiger partial charge in [-0.2, -0.15) is 10.2 Å². The van der Waals surface area contributed by atoms with Gasteiger partial charge in [0, 0.05) is 20.2 Å². The van der Waals surface area contributed by atoms with Crippen molar-refractivity contribution in [3.05, 3.63) is 65.1 Å². The summed E-state index contributed by atoms with van der Waals surface area (Å²) in [6, 6.07) is 8.87. The van der Waals surface area contributed by atoms with Crippen molar-refractivity contribution in [3.8, 4) is 5.69 Å². The first-order chi connectivity index (χ1) is 12.9. The number of aromatic nitrogens is 5. The standard InChI is InChI=1S/C18H21N7O2/c1-13(14-4-6-15(7-5-14)25-12-19-11-21-25)22-17(26)10-24-18(27)8-16(9-20-24)23(2)3/h4-9,11-13H,10H2,1-3H3,(H,22,26)/t13-/m1/s1. The first-order valence-corrected chi connectivity index (χ1v) is 8.43. The quantitative estimate of drug-likeness (QED) is 0.691. The van der Waals surface area contributed by atoms with Gasteiger partial charge in [0.25, 0.3) is 5.56 Å². The van der Waals surface area contributed by atoms with E-state index in [2.05, 4.69) is 20.5 Å². The van der Waals surface area contributed by atoms with E-state index < -0.39 is 0 Å². The maximum Gasteiger partial charge on any atom is 0.269 e. The first kappa shape index (κ1) is 18.3. The van der Waals surface area contributed by atoms with Gasteiger partial charge in [0.15, 0.2) is 0 Å². The Kier molecular flexibility index (Phi) is 5.30. The van der Waals surface area contributed by atoms with E-state index in [1.165, 1.54) is 12.4 Å². The molecule has 1 N–H and O–H groups in total. The van der Waals surface area contributed by atoms with Gasteiger partial charge in [0.05, 0.1) is 23.6 Å². The van der Waals surface area contributed by atoms with Crippen LogP contribution in [0.15, 0.2) is 54.0 Å². The fourth-order valence-electron chi connectivity index (χ4n) is 2.55. The van der Waals surface area contributed by atoms with E-state index in [0.29, 0.717) is 5.69 Å². The number of nitrogens with one attached hydrogen (secondary N) is 1. The Bertz CT molecular complexity index is 962. The van der Waals surface area contributed by atoms with Crippen molar-refractivity contribution in [1.29, 1.82) is 0 Å². The number of amides is 1. The van der Waals surface area contributed by atoms with Gasteiger partial charge in [0.1, 0.15) is 19.2 Å². The molecule has 140 valence electrons. The van der Waals surface area contributed by atoms with Gasteiger partial charge in [0.2, 0.25) is 5.91 Å². The number of carbonyl (C=O) groups excluding carboxylic acids is 1. The molecule has 1 amide bonds. The molecule has 0 spiro atoms. The largest absolute Gasteiger partial charge is 0.376 e. The smallest absolute Gasteiger partial charge is 0.269 e. The minimum atomic E-state index is -0.318. The minimum absolute atomic E-state index is 0.131. The average Bonchev–Trinajstić information content (AvgIpc) is 3.18. The lowest BCUT2D eigenvalue weighted by Crippen LogP contribution is -2.35. The Labute approximate surface area is 156 Å². The van der Waals surface area contributed by atoms with Gasteiger partial charge in [-0.3, -0.25) is 9.59 Å². The van der Waals surface area contributed by atoms with Crippen LogP contribution in [-0.2, 0) is 11.3 Å². The van der Waals surface area contributed by atoms with E-state index in [0.717, 1.165) is 15.9 Å². The molecule has 3 aromatic rings. The van der Waals surface area contributed by atoms with Crippen LogP contribution in [0.1, 0.15) is 18.5 Å². The van der Waals surface area contributed by atoms with E-state index >= 15 is 0 Å². The zero-order chi connectivity index (χ0) is 19.4. The fraction of sp³-hybridized carbons (Fsp3) is 0.278. The van der Waals surface area contributed by atoms with Crippen LogP contribution in [0.5, 0.6) is 0 Å². The monoisotopic (exact) mass is 367 g/mol. The number of benzene rings is 1. The van der Waals surface area contributed by atoms with Crippen molar-refractivity contribution in [2.75, 3.05) is 19.0 Å². The Morgan fingerprint density at radius 3 is 2.56 bits per heavy atom. The minimum Gasteiger partial charge on any atom is -0.376 e. The molecule has 2 aromatic heterocycles. The van der Waals surface area contributed by atoms with Crippen molar-refractivity contribution < 1.29 is 4.79 Å². The number of hydrogen-bond donors (Lipinski definition) is 1. The van der Waals surface area contributed by atoms with Crippen LogP contribution in [0, 0.1) is 0 Å². The summed E-state index contributed by atoms with van der Waals surface area (Å²) in [5.74, 6) is -0.282. The van der Waals surface area contributed by atoms with E-state index in [1.54, 1.807) is 22.1 Å². The summed E-state index contributed by atoms with van der Waals surface area (Å²) in [6.07, 6.45) is 4.64. The molecule has 0 aliphatic heterocycles. The Hall–Kier alpha value is -3.49. The highest BCUT2D eigenvalue weighted by Crippen LogP contribution is 2.15. The second-order valence-corrected chi connectivity index (χ2v) is 6.32. The Morgan fingerprint density at radius 1 is 1.22 bits per heavy atom. The molecular weight excluding hydrogens is 346 g/mol. The van der Waals surface area contributed by atoms with Crippen LogP contribution in [-0.4, -0.2) is 44.5 Å².